The largest absolute Gasteiger partial charge is 0.492 e. The van der Waals surface area contributed by atoms with Gasteiger partial charge in [-0.2, -0.15) is 4.98 Å². The zero-order valence-electron chi connectivity index (χ0n) is 19.7. The minimum atomic E-state index is -0.647. The zero-order chi connectivity index (χ0) is 25.1. The third-order valence-corrected chi connectivity index (χ3v) is 6.53. The Balaban J connectivity index is 1.45. The number of fused-ring (bicyclic) bond motifs is 1. The summed E-state index contributed by atoms with van der Waals surface area (Å²) < 4.78 is 27.1. The number of hydrogen-bond acceptors (Lipinski definition) is 7. The summed E-state index contributed by atoms with van der Waals surface area (Å²) in [7, 11) is 0. The monoisotopic (exact) mass is 505 g/mol. The van der Waals surface area contributed by atoms with Gasteiger partial charge in [0.15, 0.2) is 0 Å². The lowest BCUT2D eigenvalue weighted by Gasteiger charge is -2.27. The minimum Gasteiger partial charge on any atom is -0.492 e. The summed E-state index contributed by atoms with van der Waals surface area (Å²) in [6.45, 7) is 4.17. The summed E-state index contributed by atoms with van der Waals surface area (Å²) >= 11 is 1.31. The Morgan fingerprint density at radius 3 is 2.78 bits per heavy atom. The number of furan rings is 1. The van der Waals surface area contributed by atoms with Gasteiger partial charge in [0.05, 0.1) is 24.1 Å². The molecule has 3 heterocycles. The van der Waals surface area contributed by atoms with Crippen LogP contribution in [0.1, 0.15) is 31.2 Å². The van der Waals surface area contributed by atoms with Gasteiger partial charge in [0.2, 0.25) is 11.1 Å². The Hall–Kier alpha value is -4.05. The molecule has 10 heteroatoms. The molecule has 1 atom stereocenters. The number of allylic oxidation sites excluding steroid dienone is 1. The number of carbonyl (C=O) groups is 1. The standard InChI is InChI=1S/C26H24FN5O3S/c1-3-34-20-12-7-6-11-19(20)29-24(33)22-16(2)28-25-30-26(36-15-17-9-4-5-10-18(17)27)31-32(25)23(22)21-13-8-14-35-21/h4-14,23H,3,15H2,1-2H3,(H,29,33)(H,28,30,31). The van der Waals surface area contributed by atoms with Crippen molar-refractivity contribution >= 4 is 29.3 Å². The number of para-hydroxylation sites is 2. The molecule has 1 amide bonds. The van der Waals surface area contributed by atoms with E-state index in [2.05, 4.69) is 20.7 Å². The number of carbonyl (C=O) groups excluding carboxylic acids is 1. The summed E-state index contributed by atoms with van der Waals surface area (Å²) in [4.78, 5) is 18.2. The van der Waals surface area contributed by atoms with Crippen LogP contribution in [0.15, 0.2) is 87.8 Å². The van der Waals surface area contributed by atoms with Gasteiger partial charge in [-0.3, -0.25) is 4.79 Å². The summed E-state index contributed by atoms with van der Waals surface area (Å²) in [6.07, 6.45) is 1.55. The average molecular weight is 506 g/mol. The number of ether oxygens (including phenoxy) is 1. The van der Waals surface area contributed by atoms with Gasteiger partial charge in [-0.05, 0) is 49.7 Å². The van der Waals surface area contributed by atoms with Crippen molar-refractivity contribution in [2.45, 2.75) is 30.8 Å². The Morgan fingerprint density at radius 1 is 1.19 bits per heavy atom. The first-order valence-corrected chi connectivity index (χ1v) is 12.4. The highest BCUT2D eigenvalue weighted by atomic mass is 32.2. The smallest absolute Gasteiger partial charge is 0.256 e. The number of halogens is 1. The Morgan fingerprint density at radius 2 is 2.00 bits per heavy atom. The van der Waals surface area contributed by atoms with Crippen molar-refractivity contribution in [2.75, 3.05) is 17.2 Å². The van der Waals surface area contributed by atoms with Crippen LogP contribution in [-0.2, 0) is 10.5 Å². The molecule has 4 aromatic rings. The second kappa shape index (κ2) is 10.3. The number of aromatic nitrogens is 3. The highest BCUT2D eigenvalue weighted by Gasteiger charge is 2.36. The van der Waals surface area contributed by atoms with Crippen molar-refractivity contribution in [1.82, 2.24) is 14.8 Å². The molecule has 0 fully saturated rings. The van der Waals surface area contributed by atoms with Gasteiger partial charge in [-0.15, -0.1) is 5.10 Å². The van der Waals surface area contributed by atoms with Crippen LogP contribution in [0, 0.1) is 5.82 Å². The van der Waals surface area contributed by atoms with E-state index in [1.807, 2.05) is 26.0 Å². The van der Waals surface area contributed by atoms with Gasteiger partial charge in [0.25, 0.3) is 5.91 Å². The van der Waals surface area contributed by atoms with E-state index in [-0.39, 0.29) is 11.7 Å². The third-order valence-electron chi connectivity index (χ3n) is 5.64. The molecule has 0 spiro atoms. The van der Waals surface area contributed by atoms with Crippen LogP contribution in [0.4, 0.5) is 16.0 Å². The zero-order valence-corrected chi connectivity index (χ0v) is 20.5. The summed E-state index contributed by atoms with van der Waals surface area (Å²) in [5, 5.41) is 11.2. The van der Waals surface area contributed by atoms with E-state index in [0.29, 0.717) is 57.5 Å². The lowest BCUT2D eigenvalue weighted by molar-refractivity contribution is -0.113. The molecule has 0 radical (unpaired) electrons. The first kappa shape index (κ1) is 23.7. The normalized spacial score (nSPS) is 14.8. The molecular weight excluding hydrogens is 481 g/mol. The van der Waals surface area contributed by atoms with Gasteiger partial charge in [0, 0.05) is 11.4 Å². The van der Waals surface area contributed by atoms with Crippen LogP contribution < -0.4 is 15.4 Å². The number of benzene rings is 2. The van der Waals surface area contributed by atoms with Crippen LogP contribution in [-0.4, -0.2) is 27.3 Å². The van der Waals surface area contributed by atoms with Crippen LogP contribution in [0.25, 0.3) is 0 Å². The van der Waals surface area contributed by atoms with Crippen molar-refractivity contribution in [2.24, 2.45) is 0 Å². The van der Waals surface area contributed by atoms with Crippen molar-refractivity contribution in [1.29, 1.82) is 0 Å². The molecule has 36 heavy (non-hydrogen) atoms. The van der Waals surface area contributed by atoms with Crippen LogP contribution in [0.2, 0.25) is 0 Å². The second-order valence-electron chi connectivity index (χ2n) is 8.01. The van der Waals surface area contributed by atoms with Gasteiger partial charge in [-0.25, -0.2) is 9.07 Å². The van der Waals surface area contributed by atoms with E-state index in [0.717, 1.165) is 0 Å². The quantitative estimate of drug-likeness (QED) is 0.300. The first-order chi connectivity index (χ1) is 17.5. The number of anilines is 2. The minimum absolute atomic E-state index is 0.274. The molecule has 2 aromatic carbocycles. The van der Waals surface area contributed by atoms with Gasteiger partial charge in [-0.1, -0.05) is 42.1 Å². The predicted molar refractivity (Wildman–Crippen MR) is 135 cm³/mol. The molecule has 1 aliphatic heterocycles. The number of rotatable bonds is 8. The summed E-state index contributed by atoms with van der Waals surface area (Å²) in [5.74, 6) is 1.36. The Bertz CT molecular complexity index is 1420. The van der Waals surface area contributed by atoms with Crippen molar-refractivity contribution in [3.8, 4) is 5.75 Å². The fourth-order valence-electron chi connectivity index (χ4n) is 4.00. The number of nitrogens with zero attached hydrogens (tertiary/aromatic N) is 3. The van der Waals surface area contributed by atoms with E-state index < -0.39 is 6.04 Å². The average Bonchev–Trinajstić information content (AvgIpc) is 3.54. The SMILES string of the molecule is CCOc1ccccc1NC(=O)C1=C(C)Nc2nc(SCc3ccccc3F)nn2C1c1ccco1. The van der Waals surface area contributed by atoms with Crippen LogP contribution in [0.3, 0.4) is 0 Å². The molecule has 0 saturated carbocycles. The molecule has 2 N–H and O–H groups in total. The number of amides is 1. The highest BCUT2D eigenvalue weighted by Crippen LogP contribution is 2.37. The molecule has 1 unspecified atom stereocenters. The molecule has 0 bridgehead atoms. The molecular formula is C26H24FN5O3S. The van der Waals surface area contributed by atoms with Gasteiger partial charge >= 0.3 is 0 Å². The van der Waals surface area contributed by atoms with E-state index in [9.17, 15) is 9.18 Å². The Labute approximate surface area is 211 Å². The van der Waals surface area contributed by atoms with E-state index >= 15 is 0 Å². The topological polar surface area (TPSA) is 94.2 Å². The fourth-order valence-corrected chi connectivity index (χ4v) is 4.81. The van der Waals surface area contributed by atoms with Crippen LogP contribution in [0.5, 0.6) is 5.75 Å². The Kier molecular flexibility index (Phi) is 6.77. The maximum Gasteiger partial charge on any atom is 0.256 e. The predicted octanol–water partition coefficient (Wildman–Crippen LogP) is 5.63. The molecule has 8 nitrogen and oxygen atoms in total. The van der Waals surface area contributed by atoms with E-state index in [1.165, 1.54) is 17.8 Å². The number of thioether (sulfide) groups is 1. The molecule has 0 aliphatic carbocycles. The third kappa shape index (κ3) is 4.72. The van der Waals surface area contributed by atoms with Crippen molar-refractivity contribution in [3.63, 3.8) is 0 Å². The second-order valence-corrected chi connectivity index (χ2v) is 8.95. The number of nitrogens with one attached hydrogen (secondary N) is 2. The van der Waals surface area contributed by atoms with Crippen molar-refractivity contribution in [3.05, 3.63) is 95.3 Å². The fraction of sp³-hybridized carbons (Fsp3) is 0.192. The lowest BCUT2D eigenvalue weighted by Crippen LogP contribution is -2.31. The molecule has 1 aliphatic rings. The molecule has 184 valence electrons. The van der Waals surface area contributed by atoms with E-state index in [1.54, 1.807) is 53.4 Å². The van der Waals surface area contributed by atoms with Crippen LogP contribution >= 0.6 is 11.8 Å². The highest BCUT2D eigenvalue weighted by molar-refractivity contribution is 7.98. The molecule has 2 aromatic heterocycles. The molecule has 5 rings (SSSR count). The van der Waals surface area contributed by atoms with Crippen molar-refractivity contribution < 1.29 is 18.3 Å². The number of hydrogen-bond donors (Lipinski definition) is 2. The van der Waals surface area contributed by atoms with E-state index in [4.69, 9.17) is 9.15 Å². The van der Waals surface area contributed by atoms with Gasteiger partial charge in [0.1, 0.15) is 23.4 Å². The molecule has 0 saturated heterocycles. The summed E-state index contributed by atoms with van der Waals surface area (Å²) in [5.41, 5.74) is 2.18. The lowest BCUT2D eigenvalue weighted by atomic mass is 10.00. The maximum absolute atomic E-state index is 14.1. The first-order valence-electron chi connectivity index (χ1n) is 11.4. The summed E-state index contributed by atoms with van der Waals surface area (Å²) in [6, 6.07) is 16.8. The van der Waals surface area contributed by atoms with Gasteiger partial charge < -0.3 is 19.8 Å². The maximum atomic E-state index is 14.1.